The Labute approximate surface area is 175 Å². The highest BCUT2D eigenvalue weighted by atomic mass is 16.5. The van der Waals surface area contributed by atoms with E-state index in [1.165, 1.54) is 18.0 Å². The number of hydrogen-bond acceptors (Lipinski definition) is 7. The number of aryl methyl sites for hydroxylation is 1. The Kier molecular flexibility index (Phi) is 6.09. The summed E-state index contributed by atoms with van der Waals surface area (Å²) in [5.41, 5.74) is 8.49. The molecule has 30 heavy (non-hydrogen) atoms. The number of rotatable bonds is 6. The first-order valence-electron chi connectivity index (χ1n) is 10.1. The van der Waals surface area contributed by atoms with Gasteiger partial charge in [-0.1, -0.05) is 5.73 Å². The van der Waals surface area contributed by atoms with E-state index in [4.69, 9.17) is 0 Å². The van der Waals surface area contributed by atoms with Crippen molar-refractivity contribution in [2.24, 2.45) is 23.0 Å². The van der Waals surface area contributed by atoms with Gasteiger partial charge in [0.05, 0.1) is 17.5 Å². The van der Waals surface area contributed by atoms with Crippen molar-refractivity contribution in [3.05, 3.63) is 47.5 Å². The summed E-state index contributed by atoms with van der Waals surface area (Å²) in [6.07, 6.45) is 8.03. The molecule has 3 N–H and O–H groups in total. The molecule has 8 nitrogen and oxygen atoms in total. The summed E-state index contributed by atoms with van der Waals surface area (Å²) in [6, 6.07) is 5.84. The molecule has 1 saturated heterocycles. The van der Waals surface area contributed by atoms with Crippen LogP contribution in [0.2, 0.25) is 0 Å². The van der Waals surface area contributed by atoms with Crippen molar-refractivity contribution in [3.63, 3.8) is 0 Å². The van der Waals surface area contributed by atoms with Crippen LogP contribution in [0.25, 0.3) is 10.9 Å². The number of nitrogens with one attached hydrogen (secondary N) is 2. The van der Waals surface area contributed by atoms with E-state index in [1.807, 2.05) is 25.2 Å². The zero-order chi connectivity index (χ0) is 20.9. The van der Waals surface area contributed by atoms with Crippen molar-refractivity contribution in [2.75, 3.05) is 25.1 Å². The van der Waals surface area contributed by atoms with Gasteiger partial charge in [0.2, 0.25) is 5.96 Å². The quantitative estimate of drug-likeness (QED) is 0.389. The minimum absolute atomic E-state index is 0.406. The first kappa shape index (κ1) is 20.1. The van der Waals surface area contributed by atoms with Crippen LogP contribution in [0.5, 0.6) is 0 Å². The smallest absolute Gasteiger partial charge is 0.225 e. The molecular formula is C22H26N6O2. The van der Waals surface area contributed by atoms with E-state index in [9.17, 15) is 10.0 Å². The summed E-state index contributed by atoms with van der Waals surface area (Å²) in [4.78, 5) is 21.6. The topological polar surface area (TPSA) is 94.2 Å². The maximum absolute atomic E-state index is 10.8. The first-order valence-corrected chi connectivity index (χ1v) is 10.1. The number of anilines is 1. The number of carbonyl (C=O) groups is 1. The second kappa shape index (κ2) is 9.09. The SMILES string of the molecule is Cn1cc(CNCC2CCN(C3=NC=C=C(C=O)C=N3)CC2)c2cc(NO)ccc21. The molecule has 8 heteroatoms. The molecule has 0 aliphatic carbocycles. The Morgan fingerprint density at radius 2 is 2.17 bits per heavy atom. The van der Waals surface area contributed by atoms with Gasteiger partial charge in [0, 0.05) is 50.0 Å². The van der Waals surface area contributed by atoms with E-state index in [1.54, 1.807) is 0 Å². The van der Waals surface area contributed by atoms with E-state index >= 15 is 0 Å². The third-order valence-electron chi connectivity index (χ3n) is 5.70. The Morgan fingerprint density at radius 1 is 1.33 bits per heavy atom. The van der Waals surface area contributed by atoms with Crippen LogP contribution < -0.4 is 10.8 Å². The number of aldehydes is 1. The predicted molar refractivity (Wildman–Crippen MR) is 118 cm³/mol. The molecule has 1 fully saturated rings. The van der Waals surface area contributed by atoms with E-state index in [0.717, 1.165) is 56.2 Å². The lowest BCUT2D eigenvalue weighted by atomic mass is 9.97. The third-order valence-corrected chi connectivity index (χ3v) is 5.70. The molecule has 0 radical (unpaired) electrons. The number of hydrogen-bond donors (Lipinski definition) is 3. The minimum Gasteiger partial charge on any atom is -0.350 e. The molecule has 2 aliphatic heterocycles. The van der Waals surface area contributed by atoms with Gasteiger partial charge in [-0.3, -0.25) is 15.5 Å². The van der Waals surface area contributed by atoms with E-state index in [-0.39, 0.29) is 0 Å². The average Bonchev–Trinajstić information content (AvgIpc) is 2.94. The number of likely N-dealkylation sites (tertiary alicyclic amines) is 1. The Balaban J connectivity index is 1.29. The lowest BCUT2D eigenvalue weighted by Crippen LogP contribution is -2.40. The first-order chi connectivity index (χ1) is 14.7. The zero-order valence-electron chi connectivity index (χ0n) is 17.0. The highest BCUT2D eigenvalue weighted by Crippen LogP contribution is 2.24. The van der Waals surface area contributed by atoms with Crippen molar-refractivity contribution in [1.82, 2.24) is 14.8 Å². The number of piperidine rings is 1. The lowest BCUT2D eigenvalue weighted by molar-refractivity contribution is -0.104. The maximum atomic E-state index is 10.8. The normalized spacial score (nSPS) is 17.1. The van der Waals surface area contributed by atoms with Crippen molar-refractivity contribution in [3.8, 4) is 0 Å². The molecule has 0 spiro atoms. The largest absolute Gasteiger partial charge is 0.350 e. The van der Waals surface area contributed by atoms with Crippen molar-refractivity contribution >= 4 is 35.1 Å². The molecule has 4 rings (SSSR count). The minimum atomic E-state index is 0.406. The second-order valence-electron chi connectivity index (χ2n) is 7.70. The van der Waals surface area contributed by atoms with Crippen LogP contribution in [0.3, 0.4) is 0 Å². The van der Waals surface area contributed by atoms with Gasteiger partial charge in [0.1, 0.15) is 0 Å². The van der Waals surface area contributed by atoms with Gasteiger partial charge in [-0.2, -0.15) is 0 Å². The number of aromatic nitrogens is 1. The van der Waals surface area contributed by atoms with E-state index in [0.29, 0.717) is 23.1 Å². The van der Waals surface area contributed by atoms with Crippen LogP contribution in [0.15, 0.2) is 51.9 Å². The molecule has 3 heterocycles. The molecule has 0 amide bonds. The maximum Gasteiger partial charge on any atom is 0.225 e. The van der Waals surface area contributed by atoms with Gasteiger partial charge < -0.3 is 14.8 Å². The summed E-state index contributed by atoms with van der Waals surface area (Å²) < 4.78 is 2.11. The van der Waals surface area contributed by atoms with E-state index < -0.39 is 0 Å². The Morgan fingerprint density at radius 3 is 2.93 bits per heavy atom. The summed E-state index contributed by atoms with van der Waals surface area (Å²) in [7, 11) is 2.04. The standard InChI is InChI=1S/C22H26N6O2/c1-27-14-18(20-10-19(26-30)2-3-21(20)27)13-23-11-16-5-8-28(9-6-16)22-24-7-4-17(15-29)12-25-22/h2-3,7,10,12,14-16,23,26,30H,5-6,8-9,11,13H2,1H3. The molecule has 1 aromatic carbocycles. The molecule has 156 valence electrons. The van der Waals surface area contributed by atoms with Crippen LogP contribution in [-0.4, -0.2) is 52.8 Å². The number of fused-ring (bicyclic) bond motifs is 1. The molecule has 2 aliphatic rings. The van der Waals surface area contributed by atoms with Gasteiger partial charge >= 0.3 is 0 Å². The molecule has 0 unspecified atom stereocenters. The van der Waals surface area contributed by atoms with Gasteiger partial charge in [0.25, 0.3) is 0 Å². The zero-order valence-corrected chi connectivity index (χ0v) is 17.0. The van der Waals surface area contributed by atoms with Gasteiger partial charge in [-0.25, -0.2) is 9.98 Å². The third kappa shape index (κ3) is 4.36. The summed E-state index contributed by atoms with van der Waals surface area (Å²) in [6.45, 7) is 3.53. The number of benzene rings is 1. The van der Waals surface area contributed by atoms with Crippen molar-refractivity contribution in [1.29, 1.82) is 0 Å². The van der Waals surface area contributed by atoms with Crippen LogP contribution in [0.1, 0.15) is 18.4 Å². The van der Waals surface area contributed by atoms with Crippen LogP contribution in [0, 0.1) is 5.92 Å². The molecule has 0 atom stereocenters. The lowest BCUT2D eigenvalue weighted by Gasteiger charge is -2.32. The van der Waals surface area contributed by atoms with Crippen LogP contribution in [0.4, 0.5) is 5.69 Å². The fraction of sp³-hybridized carbons (Fsp3) is 0.364. The second-order valence-corrected chi connectivity index (χ2v) is 7.70. The fourth-order valence-corrected chi connectivity index (χ4v) is 4.02. The number of carbonyl (C=O) groups excluding carboxylic acids is 1. The summed E-state index contributed by atoms with van der Waals surface area (Å²) in [5, 5.41) is 13.9. The Hall–Kier alpha value is -3.19. The number of aliphatic imine (C=N–C) groups is 2. The number of allylic oxidation sites excluding steroid dienone is 1. The molecule has 1 aromatic heterocycles. The van der Waals surface area contributed by atoms with Crippen LogP contribution in [-0.2, 0) is 18.4 Å². The summed E-state index contributed by atoms with van der Waals surface area (Å²) >= 11 is 0. The number of nitrogens with zero attached hydrogens (tertiary/aromatic N) is 4. The van der Waals surface area contributed by atoms with Crippen molar-refractivity contribution < 1.29 is 10.0 Å². The molecule has 0 saturated carbocycles. The molecule has 0 bridgehead atoms. The highest BCUT2D eigenvalue weighted by Gasteiger charge is 2.21. The van der Waals surface area contributed by atoms with Gasteiger partial charge in [-0.05, 0) is 49.1 Å². The average molecular weight is 406 g/mol. The highest BCUT2D eigenvalue weighted by molar-refractivity contribution is 6.06. The van der Waals surface area contributed by atoms with Crippen molar-refractivity contribution in [2.45, 2.75) is 19.4 Å². The molecule has 2 aromatic rings. The monoisotopic (exact) mass is 406 g/mol. The summed E-state index contributed by atoms with van der Waals surface area (Å²) in [5.74, 6) is 1.25. The fourth-order valence-electron chi connectivity index (χ4n) is 4.02. The Bertz CT molecular complexity index is 1050. The van der Waals surface area contributed by atoms with Crippen LogP contribution >= 0.6 is 0 Å². The van der Waals surface area contributed by atoms with Gasteiger partial charge in [-0.15, -0.1) is 0 Å². The van der Waals surface area contributed by atoms with E-state index in [2.05, 4.69) is 42.2 Å². The van der Waals surface area contributed by atoms with Gasteiger partial charge in [0.15, 0.2) is 6.29 Å². The molecular weight excluding hydrogens is 380 g/mol. The number of guanidine groups is 1. The predicted octanol–water partition coefficient (Wildman–Crippen LogP) is 2.46.